The van der Waals surface area contributed by atoms with Crippen LogP contribution < -0.4 is 10.6 Å². The minimum absolute atomic E-state index is 0.350. The van der Waals surface area contributed by atoms with Gasteiger partial charge in [-0.25, -0.2) is 4.79 Å². The highest BCUT2D eigenvalue weighted by Crippen LogP contribution is 2.03. The Bertz CT molecular complexity index is 339. The molecule has 2 amide bonds. The van der Waals surface area contributed by atoms with Crippen LogP contribution in [-0.4, -0.2) is 28.1 Å². The van der Waals surface area contributed by atoms with E-state index in [0.717, 1.165) is 4.88 Å². The molecule has 82 valence electrons. The maximum absolute atomic E-state index is 11.2. The van der Waals surface area contributed by atoms with Crippen molar-refractivity contribution in [1.29, 1.82) is 0 Å². The number of carboxylic acids is 1. The minimum Gasteiger partial charge on any atom is -0.480 e. The number of amides is 2. The second-order valence-electron chi connectivity index (χ2n) is 2.85. The fourth-order valence-electron chi connectivity index (χ4n) is 0.806. The highest BCUT2D eigenvalue weighted by Gasteiger charge is 2.13. The molecule has 0 aliphatic carbocycles. The predicted molar refractivity (Wildman–Crippen MR) is 54.6 cm³/mol. The van der Waals surface area contributed by atoms with Gasteiger partial charge in [-0.05, 0) is 6.92 Å². The molecular formula is C8H11N3O3S. The Kier molecular flexibility index (Phi) is 4.04. The number of carbonyl (C=O) groups is 2. The van der Waals surface area contributed by atoms with Crippen LogP contribution in [0.25, 0.3) is 0 Å². The summed E-state index contributed by atoms with van der Waals surface area (Å²) in [6.07, 6.45) is 1.64. The summed E-state index contributed by atoms with van der Waals surface area (Å²) in [5, 5.41) is 13.3. The number of nitrogens with one attached hydrogen (secondary N) is 2. The molecule has 0 aromatic carbocycles. The number of nitrogens with zero attached hydrogens (tertiary/aromatic N) is 1. The molecule has 1 atom stereocenters. The number of hydrogen-bond donors (Lipinski definition) is 3. The van der Waals surface area contributed by atoms with Crippen molar-refractivity contribution in [3.05, 3.63) is 16.6 Å². The zero-order valence-corrected chi connectivity index (χ0v) is 8.87. The van der Waals surface area contributed by atoms with E-state index in [0.29, 0.717) is 6.54 Å². The third kappa shape index (κ3) is 3.94. The molecule has 1 heterocycles. The minimum atomic E-state index is -1.07. The van der Waals surface area contributed by atoms with Gasteiger partial charge in [0.1, 0.15) is 6.04 Å². The van der Waals surface area contributed by atoms with Gasteiger partial charge in [-0.1, -0.05) is 0 Å². The largest absolute Gasteiger partial charge is 0.480 e. The summed E-state index contributed by atoms with van der Waals surface area (Å²) in [5.74, 6) is -1.07. The zero-order chi connectivity index (χ0) is 11.3. The summed E-state index contributed by atoms with van der Waals surface area (Å²) in [4.78, 5) is 26.3. The van der Waals surface area contributed by atoms with Crippen molar-refractivity contribution in [2.24, 2.45) is 0 Å². The monoisotopic (exact) mass is 229 g/mol. The molecule has 7 heteroatoms. The van der Waals surface area contributed by atoms with Crippen LogP contribution in [0.5, 0.6) is 0 Å². The quantitative estimate of drug-likeness (QED) is 0.697. The van der Waals surface area contributed by atoms with Gasteiger partial charge in [-0.2, -0.15) is 0 Å². The first kappa shape index (κ1) is 11.4. The Labute approximate surface area is 90.3 Å². The second-order valence-corrected chi connectivity index (χ2v) is 3.83. The summed E-state index contributed by atoms with van der Waals surface area (Å²) in [6, 6.07) is -1.40. The van der Waals surface area contributed by atoms with E-state index < -0.39 is 18.0 Å². The molecule has 0 saturated carbocycles. The van der Waals surface area contributed by atoms with Gasteiger partial charge < -0.3 is 15.7 Å². The number of hydrogen-bond acceptors (Lipinski definition) is 4. The molecule has 0 spiro atoms. The van der Waals surface area contributed by atoms with Gasteiger partial charge in [0.15, 0.2) is 0 Å². The Morgan fingerprint density at radius 1 is 1.67 bits per heavy atom. The normalized spacial score (nSPS) is 11.8. The van der Waals surface area contributed by atoms with Crippen LogP contribution in [0.2, 0.25) is 0 Å². The van der Waals surface area contributed by atoms with Crippen LogP contribution in [0.4, 0.5) is 4.79 Å². The average molecular weight is 229 g/mol. The van der Waals surface area contributed by atoms with E-state index >= 15 is 0 Å². The molecular weight excluding hydrogens is 218 g/mol. The molecule has 0 bridgehead atoms. The van der Waals surface area contributed by atoms with Crippen LogP contribution in [0.15, 0.2) is 11.7 Å². The first-order valence-electron chi connectivity index (χ1n) is 4.24. The Hall–Kier alpha value is -1.63. The zero-order valence-electron chi connectivity index (χ0n) is 8.06. The molecule has 15 heavy (non-hydrogen) atoms. The van der Waals surface area contributed by atoms with Crippen molar-refractivity contribution >= 4 is 23.3 Å². The van der Waals surface area contributed by atoms with Gasteiger partial charge in [0.05, 0.1) is 12.1 Å². The third-order valence-electron chi connectivity index (χ3n) is 1.62. The molecule has 0 aliphatic rings. The van der Waals surface area contributed by atoms with E-state index in [1.54, 1.807) is 11.7 Å². The van der Waals surface area contributed by atoms with E-state index in [9.17, 15) is 9.59 Å². The number of thiazole rings is 1. The summed E-state index contributed by atoms with van der Waals surface area (Å²) in [7, 11) is 0. The molecule has 3 N–H and O–H groups in total. The van der Waals surface area contributed by atoms with Crippen LogP contribution in [0.3, 0.4) is 0 Å². The maximum Gasteiger partial charge on any atom is 0.325 e. The van der Waals surface area contributed by atoms with E-state index in [1.807, 2.05) is 0 Å². The lowest BCUT2D eigenvalue weighted by Gasteiger charge is -2.09. The SMILES string of the molecule is C[C@H](NC(=O)NCc1cncs1)C(=O)O. The first-order valence-corrected chi connectivity index (χ1v) is 5.12. The van der Waals surface area contributed by atoms with Crippen molar-refractivity contribution in [2.45, 2.75) is 19.5 Å². The van der Waals surface area contributed by atoms with E-state index in [4.69, 9.17) is 5.11 Å². The van der Waals surface area contributed by atoms with Crippen molar-refractivity contribution < 1.29 is 14.7 Å². The molecule has 1 aromatic rings. The van der Waals surface area contributed by atoms with Crippen LogP contribution >= 0.6 is 11.3 Å². The molecule has 0 aliphatic heterocycles. The van der Waals surface area contributed by atoms with Gasteiger partial charge in [0.2, 0.25) is 0 Å². The van der Waals surface area contributed by atoms with Crippen molar-refractivity contribution in [2.75, 3.05) is 0 Å². The summed E-state index contributed by atoms with van der Waals surface area (Å²) >= 11 is 1.42. The molecule has 6 nitrogen and oxygen atoms in total. The standard InChI is InChI=1S/C8H11N3O3S/c1-5(7(12)13)11-8(14)10-3-6-2-9-4-15-6/h2,4-5H,3H2,1H3,(H,12,13)(H2,10,11,14)/t5-/m0/s1. The number of carboxylic acid groups (broad SMARTS) is 1. The smallest absolute Gasteiger partial charge is 0.325 e. The van der Waals surface area contributed by atoms with Crippen LogP contribution in [0.1, 0.15) is 11.8 Å². The van der Waals surface area contributed by atoms with Gasteiger partial charge in [-0.3, -0.25) is 9.78 Å². The van der Waals surface area contributed by atoms with Crippen LogP contribution in [-0.2, 0) is 11.3 Å². The van der Waals surface area contributed by atoms with E-state index in [1.165, 1.54) is 18.3 Å². The molecule has 1 aromatic heterocycles. The highest BCUT2D eigenvalue weighted by atomic mass is 32.1. The van der Waals surface area contributed by atoms with Crippen molar-refractivity contribution in [1.82, 2.24) is 15.6 Å². The van der Waals surface area contributed by atoms with Crippen LogP contribution in [0, 0.1) is 0 Å². The number of rotatable bonds is 4. The average Bonchev–Trinajstić information content (AvgIpc) is 2.66. The van der Waals surface area contributed by atoms with Crippen molar-refractivity contribution in [3.8, 4) is 0 Å². The molecule has 1 rings (SSSR count). The number of aromatic nitrogens is 1. The predicted octanol–water partition coefficient (Wildman–Crippen LogP) is 0.415. The van der Waals surface area contributed by atoms with Gasteiger partial charge in [0, 0.05) is 11.1 Å². The maximum atomic E-state index is 11.2. The summed E-state index contributed by atoms with van der Waals surface area (Å²) < 4.78 is 0. The fourth-order valence-corrected chi connectivity index (χ4v) is 1.34. The lowest BCUT2D eigenvalue weighted by atomic mass is 10.3. The topological polar surface area (TPSA) is 91.3 Å². The number of urea groups is 1. The lowest BCUT2D eigenvalue weighted by Crippen LogP contribution is -2.43. The Morgan fingerprint density at radius 2 is 2.40 bits per heavy atom. The Morgan fingerprint density at radius 3 is 2.93 bits per heavy atom. The highest BCUT2D eigenvalue weighted by molar-refractivity contribution is 7.09. The fraction of sp³-hybridized carbons (Fsp3) is 0.375. The summed E-state index contributed by atoms with van der Waals surface area (Å²) in [6.45, 7) is 1.75. The van der Waals surface area contributed by atoms with E-state index in [-0.39, 0.29) is 0 Å². The third-order valence-corrected chi connectivity index (χ3v) is 2.40. The summed E-state index contributed by atoms with van der Waals surface area (Å²) in [5.41, 5.74) is 1.66. The van der Waals surface area contributed by atoms with Crippen molar-refractivity contribution in [3.63, 3.8) is 0 Å². The number of aliphatic carboxylic acids is 1. The van der Waals surface area contributed by atoms with Gasteiger partial charge in [-0.15, -0.1) is 11.3 Å². The van der Waals surface area contributed by atoms with Gasteiger partial charge >= 0.3 is 12.0 Å². The number of carbonyl (C=O) groups excluding carboxylic acids is 1. The molecule has 0 radical (unpaired) electrons. The molecule has 0 fully saturated rings. The second kappa shape index (κ2) is 5.30. The van der Waals surface area contributed by atoms with Gasteiger partial charge in [0.25, 0.3) is 0 Å². The van der Waals surface area contributed by atoms with E-state index in [2.05, 4.69) is 15.6 Å². The molecule has 0 unspecified atom stereocenters. The molecule has 0 saturated heterocycles. The first-order chi connectivity index (χ1) is 7.09. The Balaban J connectivity index is 2.28. The lowest BCUT2D eigenvalue weighted by molar-refractivity contribution is -0.138.